The first-order valence-electron chi connectivity index (χ1n) is 7.63. The average Bonchev–Trinajstić information content (AvgIpc) is 2.62. The molecule has 120 valence electrons. The normalized spacial score (nSPS) is 17.6. The zero-order chi connectivity index (χ0) is 16.1. The Morgan fingerprint density at radius 3 is 2.78 bits per heavy atom. The first kappa shape index (κ1) is 15.3. The lowest BCUT2D eigenvalue weighted by Crippen LogP contribution is -2.44. The van der Waals surface area contributed by atoms with Crippen molar-refractivity contribution in [3.05, 3.63) is 48.3 Å². The quantitative estimate of drug-likeness (QED) is 0.865. The molecular weight excluding hydrogens is 294 g/mol. The summed E-state index contributed by atoms with van der Waals surface area (Å²) < 4.78 is 10.9. The molecule has 0 aliphatic carbocycles. The van der Waals surface area contributed by atoms with E-state index >= 15 is 0 Å². The maximum absolute atomic E-state index is 12.5. The molecule has 1 unspecified atom stereocenters. The molecule has 23 heavy (non-hydrogen) atoms. The van der Waals surface area contributed by atoms with Gasteiger partial charge in [-0.2, -0.15) is 4.98 Å². The molecule has 6 nitrogen and oxygen atoms in total. The van der Waals surface area contributed by atoms with Crippen LogP contribution in [0.2, 0.25) is 0 Å². The molecule has 3 rings (SSSR count). The van der Waals surface area contributed by atoms with E-state index in [-0.39, 0.29) is 12.0 Å². The van der Waals surface area contributed by atoms with Gasteiger partial charge >= 0.3 is 0 Å². The maximum atomic E-state index is 12.5. The molecule has 1 aromatic carbocycles. The van der Waals surface area contributed by atoms with E-state index in [1.54, 1.807) is 6.20 Å². The van der Waals surface area contributed by atoms with Crippen molar-refractivity contribution in [2.75, 3.05) is 20.2 Å². The number of carbonyl (C=O) groups is 1. The standard InChI is InChI=1S/C17H19N3O3/c1-22-15-10-18-11-16(19-15)23-14-8-5-9-20(12-14)17(21)13-6-3-2-4-7-13/h2-4,6-7,10-11,14H,5,8-9,12H2,1H3. The fourth-order valence-corrected chi connectivity index (χ4v) is 2.64. The van der Waals surface area contributed by atoms with E-state index < -0.39 is 0 Å². The summed E-state index contributed by atoms with van der Waals surface area (Å²) >= 11 is 0. The third-order valence-electron chi connectivity index (χ3n) is 3.77. The highest BCUT2D eigenvalue weighted by atomic mass is 16.5. The molecule has 0 N–H and O–H groups in total. The van der Waals surface area contributed by atoms with Crippen molar-refractivity contribution in [2.24, 2.45) is 0 Å². The summed E-state index contributed by atoms with van der Waals surface area (Å²) in [6.45, 7) is 1.30. The van der Waals surface area contributed by atoms with Gasteiger partial charge in [-0.05, 0) is 25.0 Å². The Morgan fingerprint density at radius 2 is 2.00 bits per heavy atom. The summed E-state index contributed by atoms with van der Waals surface area (Å²) in [5.41, 5.74) is 0.703. The van der Waals surface area contributed by atoms with Gasteiger partial charge in [0, 0.05) is 12.1 Å². The summed E-state index contributed by atoms with van der Waals surface area (Å²) in [5.74, 6) is 0.870. The second kappa shape index (κ2) is 7.09. The minimum Gasteiger partial charge on any atom is -0.480 e. The number of rotatable bonds is 4. The van der Waals surface area contributed by atoms with Crippen LogP contribution in [0.15, 0.2) is 42.7 Å². The Bertz CT molecular complexity index is 663. The van der Waals surface area contributed by atoms with E-state index in [1.165, 1.54) is 13.3 Å². The van der Waals surface area contributed by atoms with E-state index in [2.05, 4.69) is 9.97 Å². The number of amides is 1. The summed E-state index contributed by atoms with van der Waals surface area (Å²) in [6, 6.07) is 9.31. The molecule has 2 heterocycles. The summed E-state index contributed by atoms with van der Waals surface area (Å²) in [4.78, 5) is 22.6. The molecule has 1 aliphatic rings. The zero-order valence-electron chi connectivity index (χ0n) is 13.0. The van der Waals surface area contributed by atoms with Crippen LogP contribution in [0.25, 0.3) is 0 Å². The highest BCUT2D eigenvalue weighted by Gasteiger charge is 2.26. The average molecular weight is 313 g/mol. The predicted molar refractivity (Wildman–Crippen MR) is 84.6 cm³/mol. The number of hydrogen-bond donors (Lipinski definition) is 0. The Kier molecular flexibility index (Phi) is 4.71. The Labute approximate surface area is 135 Å². The molecule has 0 spiro atoms. The molecule has 6 heteroatoms. The third kappa shape index (κ3) is 3.77. The minimum atomic E-state index is -0.0854. The van der Waals surface area contributed by atoms with Gasteiger partial charge in [0.1, 0.15) is 6.10 Å². The van der Waals surface area contributed by atoms with E-state index in [0.717, 1.165) is 19.4 Å². The van der Waals surface area contributed by atoms with E-state index in [4.69, 9.17) is 9.47 Å². The van der Waals surface area contributed by atoms with Gasteiger partial charge < -0.3 is 14.4 Å². The lowest BCUT2D eigenvalue weighted by Gasteiger charge is -2.32. The molecule has 1 atom stereocenters. The van der Waals surface area contributed by atoms with Gasteiger partial charge in [-0.25, -0.2) is 0 Å². The van der Waals surface area contributed by atoms with Crippen LogP contribution in [0.1, 0.15) is 23.2 Å². The highest BCUT2D eigenvalue weighted by Crippen LogP contribution is 2.19. The molecule has 1 saturated heterocycles. The molecule has 0 bridgehead atoms. The number of carbonyl (C=O) groups excluding carboxylic acids is 1. The van der Waals surface area contributed by atoms with Gasteiger partial charge in [-0.1, -0.05) is 18.2 Å². The van der Waals surface area contributed by atoms with Crippen LogP contribution in [0.5, 0.6) is 11.8 Å². The smallest absolute Gasteiger partial charge is 0.253 e. The van der Waals surface area contributed by atoms with Crippen LogP contribution < -0.4 is 9.47 Å². The fourth-order valence-electron chi connectivity index (χ4n) is 2.64. The van der Waals surface area contributed by atoms with E-state index in [9.17, 15) is 4.79 Å². The van der Waals surface area contributed by atoms with Crippen LogP contribution in [-0.4, -0.2) is 47.1 Å². The molecule has 1 amide bonds. The number of nitrogens with zero attached hydrogens (tertiary/aromatic N) is 3. The Balaban J connectivity index is 1.65. The lowest BCUT2D eigenvalue weighted by atomic mass is 10.1. The summed E-state index contributed by atoms with van der Waals surface area (Å²) in [6.07, 6.45) is 4.79. The SMILES string of the molecule is COc1cncc(OC2CCCN(C(=O)c3ccccc3)C2)n1. The summed E-state index contributed by atoms with van der Waals surface area (Å²) in [7, 11) is 1.54. The second-order valence-corrected chi connectivity index (χ2v) is 5.40. The first-order valence-corrected chi connectivity index (χ1v) is 7.63. The largest absolute Gasteiger partial charge is 0.480 e. The van der Waals surface area contributed by atoms with Crippen molar-refractivity contribution < 1.29 is 14.3 Å². The summed E-state index contributed by atoms with van der Waals surface area (Å²) in [5, 5.41) is 0. The maximum Gasteiger partial charge on any atom is 0.253 e. The van der Waals surface area contributed by atoms with Gasteiger partial charge in [0.05, 0.1) is 26.0 Å². The van der Waals surface area contributed by atoms with E-state index in [0.29, 0.717) is 23.9 Å². The van der Waals surface area contributed by atoms with Gasteiger partial charge in [0.2, 0.25) is 11.8 Å². The van der Waals surface area contributed by atoms with Crippen molar-refractivity contribution in [3.8, 4) is 11.8 Å². The monoisotopic (exact) mass is 313 g/mol. The van der Waals surface area contributed by atoms with Crippen LogP contribution in [0.3, 0.4) is 0 Å². The highest BCUT2D eigenvalue weighted by molar-refractivity contribution is 5.94. The van der Waals surface area contributed by atoms with Crippen molar-refractivity contribution in [1.29, 1.82) is 0 Å². The Hall–Kier alpha value is -2.63. The minimum absolute atomic E-state index is 0.0376. The molecule has 1 aliphatic heterocycles. The van der Waals surface area contributed by atoms with E-state index in [1.807, 2.05) is 35.2 Å². The number of aromatic nitrogens is 2. The van der Waals surface area contributed by atoms with Gasteiger partial charge in [-0.3, -0.25) is 9.78 Å². The van der Waals surface area contributed by atoms with Gasteiger partial charge in [-0.15, -0.1) is 0 Å². The molecular formula is C17H19N3O3. The second-order valence-electron chi connectivity index (χ2n) is 5.40. The predicted octanol–water partition coefficient (Wildman–Crippen LogP) is 2.17. The molecule has 0 radical (unpaired) electrons. The van der Waals surface area contributed by atoms with Crippen molar-refractivity contribution in [1.82, 2.24) is 14.9 Å². The van der Waals surface area contributed by atoms with Crippen LogP contribution in [0.4, 0.5) is 0 Å². The number of hydrogen-bond acceptors (Lipinski definition) is 5. The van der Waals surface area contributed by atoms with Crippen LogP contribution in [0, 0.1) is 0 Å². The zero-order valence-corrected chi connectivity index (χ0v) is 13.0. The van der Waals surface area contributed by atoms with Gasteiger partial charge in [0.25, 0.3) is 5.91 Å². The molecule has 0 saturated carbocycles. The number of ether oxygens (including phenoxy) is 2. The fraction of sp³-hybridized carbons (Fsp3) is 0.353. The topological polar surface area (TPSA) is 64.6 Å². The number of methoxy groups -OCH3 is 1. The first-order chi connectivity index (χ1) is 11.3. The van der Waals surface area contributed by atoms with Gasteiger partial charge in [0.15, 0.2) is 0 Å². The lowest BCUT2D eigenvalue weighted by molar-refractivity contribution is 0.0525. The number of benzene rings is 1. The Morgan fingerprint density at radius 1 is 1.22 bits per heavy atom. The number of likely N-dealkylation sites (tertiary alicyclic amines) is 1. The number of piperidine rings is 1. The van der Waals surface area contributed by atoms with Crippen LogP contribution in [-0.2, 0) is 0 Å². The third-order valence-corrected chi connectivity index (χ3v) is 3.77. The van der Waals surface area contributed by atoms with Crippen molar-refractivity contribution in [3.63, 3.8) is 0 Å². The van der Waals surface area contributed by atoms with Crippen molar-refractivity contribution >= 4 is 5.91 Å². The molecule has 1 aromatic heterocycles. The molecule has 1 fully saturated rings. The van der Waals surface area contributed by atoms with Crippen LogP contribution >= 0.6 is 0 Å². The van der Waals surface area contributed by atoms with Crippen molar-refractivity contribution in [2.45, 2.75) is 18.9 Å². The molecule has 2 aromatic rings.